The highest BCUT2D eigenvalue weighted by molar-refractivity contribution is 5.92. The Bertz CT molecular complexity index is 689. The van der Waals surface area contributed by atoms with Crippen LogP contribution in [-0.2, 0) is 14.3 Å². The number of nitrogens with one attached hydrogen (secondary N) is 1. The largest absolute Gasteiger partial charge is 0.456 e. The predicted octanol–water partition coefficient (Wildman–Crippen LogP) is 3.57. The van der Waals surface area contributed by atoms with Crippen molar-refractivity contribution in [3.63, 3.8) is 0 Å². The third-order valence-electron chi connectivity index (χ3n) is 3.41. The fourth-order valence-electron chi connectivity index (χ4n) is 1.99. The molecule has 1 aromatic heterocycles. The van der Waals surface area contributed by atoms with Gasteiger partial charge in [-0.25, -0.2) is 0 Å². The number of esters is 1. The van der Waals surface area contributed by atoms with E-state index in [0.29, 0.717) is 18.0 Å². The lowest BCUT2D eigenvalue weighted by atomic mass is 10.1. The summed E-state index contributed by atoms with van der Waals surface area (Å²) in [5, 5.41) is 6.43. The maximum absolute atomic E-state index is 11.8. The number of anilines is 1. The van der Waals surface area contributed by atoms with E-state index in [1.165, 1.54) is 0 Å². The molecule has 0 saturated heterocycles. The molecule has 0 bridgehead atoms. The van der Waals surface area contributed by atoms with Crippen molar-refractivity contribution in [2.75, 3.05) is 11.9 Å². The van der Waals surface area contributed by atoms with Crippen LogP contribution in [0.5, 0.6) is 0 Å². The van der Waals surface area contributed by atoms with Gasteiger partial charge in [-0.15, -0.1) is 0 Å². The number of nitrogens with zero attached hydrogens (tertiary/aromatic N) is 1. The first-order valence-corrected chi connectivity index (χ1v) is 7.93. The zero-order chi connectivity index (χ0) is 17.5. The normalized spacial score (nSPS) is 10.7. The second kappa shape index (κ2) is 8.29. The minimum absolute atomic E-state index is 0.216. The number of hydrogen-bond acceptors (Lipinski definition) is 5. The molecule has 0 radical (unpaired) electrons. The Hall–Kier alpha value is -2.63. The number of rotatable bonds is 7. The Morgan fingerprint density at radius 2 is 1.96 bits per heavy atom. The maximum atomic E-state index is 11.8. The van der Waals surface area contributed by atoms with Crippen LogP contribution in [0.15, 0.2) is 34.9 Å². The predicted molar refractivity (Wildman–Crippen MR) is 90.3 cm³/mol. The molecule has 0 spiro atoms. The first-order chi connectivity index (χ1) is 11.4. The van der Waals surface area contributed by atoms with Gasteiger partial charge in [-0.1, -0.05) is 48.8 Å². The molecule has 128 valence electrons. The molecule has 0 aliphatic heterocycles. The highest BCUT2D eigenvalue weighted by atomic mass is 16.5. The molecule has 24 heavy (non-hydrogen) atoms. The molecule has 6 heteroatoms. The summed E-state index contributed by atoms with van der Waals surface area (Å²) in [7, 11) is 0. The van der Waals surface area contributed by atoms with Crippen LogP contribution >= 0.6 is 0 Å². The topological polar surface area (TPSA) is 81.4 Å². The van der Waals surface area contributed by atoms with Crippen molar-refractivity contribution in [1.82, 2.24) is 5.16 Å². The highest BCUT2D eigenvalue weighted by Gasteiger charge is 2.12. The van der Waals surface area contributed by atoms with Crippen LogP contribution in [0.2, 0.25) is 0 Å². The molecule has 0 aliphatic rings. The van der Waals surface area contributed by atoms with E-state index in [-0.39, 0.29) is 18.5 Å². The summed E-state index contributed by atoms with van der Waals surface area (Å²) in [6.45, 7) is 5.71. The van der Waals surface area contributed by atoms with Gasteiger partial charge in [-0.2, -0.15) is 0 Å². The Morgan fingerprint density at radius 1 is 1.25 bits per heavy atom. The molecular formula is C18H22N2O4. The third-order valence-corrected chi connectivity index (χ3v) is 3.41. The monoisotopic (exact) mass is 330 g/mol. The van der Waals surface area contributed by atoms with Crippen LogP contribution in [0.4, 0.5) is 5.88 Å². The lowest BCUT2D eigenvalue weighted by Gasteiger charge is -2.05. The smallest absolute Gasteiger partial charge is 0.306 e. The van der Waals surface area contributed by atoms with E-state index in [1.54, 1.807) is 6.07 Å². The van der Waals surface area contributed by atoms with E-state index in [1.807, 2.05) is 45.0 Å². The quantitative estimate of drug-likeness (QED) is 0.785. The Morgan fingerprint density at radius 3 is 2.62 bits per heavy atom. The van der Waals surface area contributed by atoms with Crippen LogP contribution in [-0.4, -0.2) is 23.6 Å². The molecule has 2 rings (SSSR count). The molecule has 1 heterocycles. The number of carbonyl (C=O) groups excluding carboxylic acids is 2. The molecule has 1 amide bonds. The van der Waals surface area contributed by atoms with Gasteiger partial charge in [0.2, 0.25) is 5.88 Å². The van der Waals surface area contributed by atoms with Crippen molar-refractivity contribution in [2.24, 2.45) is 5.92 Å². The number of benzene rings is 1. The molecule has 0 aliphatic carbocycles. The summed E-state index contributed by atoms with van der Waals surface area (Å²) in [4.78, 5) is 23.3. The van der Waals surface area contributed by atoms with E-state index < -0.39 is 5.91 Å². The van der Waals surface area contributed by atoms with Gasteiger partial charge in [0.05, 0.1) is 0 Å². The van der Waals surface area contributed by atoms with Gasteiger partial charge in [0.25, 0.3) is 5.91 Å². The SMILES string of the molecule is Cc1ccc(-c2cc(NC(=O)COC(=O)CCC(C)C)on2)cc1. The van der Waals surface area contributed by atoms with E-state index in [2.05, 4.69) is 10.5 Å². The summed E-state index contributed by atoms with van der Waals surface area (Å²) in [5.41, 5.74) is 2.67. The van der Waals surface area contributed by atoms with Crippen LogP contribution in [0, 0.1) is 12.8 Å². The van der Waals surface area contributed by atoms with E-state index >= 15 is 0 Å². The molecule has 0 fully saturated rings. The van der Waals surface area contributed by atoms with Gasteiger partial charge >= 0.3 is 5.97 Å². The van der Waals surface area contributed by atoms with Crippen LogP contribution in [0.25, 0.3) is 11.3 Å². The summed E-state index contributed by atoms with van der Waals surface area (Å²) in [6.07, 6.45) is 1.05. The minimum atomic E-state index is -0.459. The summed E-state index contributed by atoms with van der Waals surface area (Å²) in [5.74, 6) is -0.203. The molecule has 1 aromatic carbocycles. The Labute approximate surface area is 141 Å². The van der Waals surface area contributed by atoms with Crippen molar-refractivity contribution in [2.45, 2.75) is 33.6 Å². The van der Waals surface area contributed by atoms with E-state index in [0.717, 1.165) is 17.5 Å². The molecule has 2 aromatic rings. The standard InChI is InChI=1S/C18H22N2O4/c1-12(2)4-9-18(22)23-11-16(21)19-17-10-15(20-24-17)14-7-5-13(3)6-8-14/h5-8,10,12H,4,9,11H2,1-3H3,(H,19,21). The van der Waals surface area contributed by atoms with Crippen molar-refractivity contribution < 1.29 is 18.8 Å². The molecule has 1 N–H and O–H groups in total. The summed E-state index contributed by atoms with van der Waals surface area (Å²) < 4.78 is 10.0. The molecule has 0 unspecified atom stereocenters. The van der Waals surface area contributed by atoms with E-state index in [9.17, 15) is 9.59 Å². The van der Waals surface area contributed by atoms with Gasteiger partial charge in [-0.3, -0.25) is 14.9 Å². The molecular weight excluding hydrogens is 308 g/mol. The van der Waals surface area contributed by atoms with Crippen LogP contribution in [0.3, 0.4) is 0 Å². The fraction of sp³-hybridized carbons (Fsp3) is 0.389. The number of carbonyl (C=O) groups is 2. The highest BCUT2D eigenvalue weighted by Crippen LogP contribution is 2.21. The maximum Gasteiger partial charge on any atom is 0.306 e. The average Bonchev–Trinajstić information content (AvgIpc) is 3.00. The lowest BCUT2D eigenvalue weighted by Crippen LogP contribution is -2.20. The van der Waals surface area contributed by atoms with Gasteiger partial charge in [0, 0.05) is 18.1 Å². The van der Waals surface area contributed by atoms with Gasteiger partial charge in [0.15, 0.2) is 6.61 Å². The second-order valence-corrected chi connectivity index (χ2v) is 6.08. The van der Waals surface area contributed by atoms with Gasteiger partial charge in [0.1, 0.15) is 5.69 Å². The van der Waals surface area contributed by atoms with Crippen molar-refractivity contribution in [1.29, 1.82) is 0 Å². The zero-order valence-corrected chi connectivity index (χ0v) is 14.2. The number of amides is 1. The third kappa shape index (κ3) is 5.53. The fourth-order valence-corrected chi connectivity index (χ4v) is 1.99. The Kier molecular flexibility index (Phi) is 6.12. The van der Waals surface area contributed by atoms with Crippen molar-refractivity contribution in [3.05, 3.63) is 35.9 Å². The summed E-state index contributed by atoms with van der Waals surface area (Å²) in [6, 6.07) is 9.42. The van der Waals surface area contributed by atoms with E-state index in [4.69, 9.17) is 9.26 Å². The molecule has 0 atom stereocenters. The van der Waals surface area contributed by atoms with Crippen LogP contribution < -0.4 is 5.32 Å². The molecule has 6 nitrogen and oxygen atoms in total. The zero-order valence-electron chi connectivity index (χ0n) is 14.2. The summed E-state index contributed by atoms with van der Waals surface area (Å²) >= 11 is 0. The average molecular weight is 330 g/mol. The van der Waals surface area contributed by atoms with Crippen molar-refractivity contribution >= 4 is 17.8 Å². The molecule has 0 saturated carbocycles. The second-order valence-electron chi connectivity index (χ2n) is 6.08. The first-order valence-electron chi connectivity index (χ1n) is 7.93. The number of aromatic nitrogens is 1. The van der Waals surface area contributed by atoms with Gasteiger partial charge in [-0.05, 0) is 19.3 Å². The van der Waals surface area contributed by atoms with Crippen LogP contribution in [0.1, 0.15) is 32.3 Å². The van der Waals surface area contributed by atoms with Gasteiger partial charge < -0.3 is 9.26 Å². The van der Waals surface area contributed by atoms with Crippen molar-refractivity contribution in [3.8, 4) is 11.3 Å². The number of aryl methyl sites for hydroxylation is 1. The first kappa shape index (κ1) is 17.7. The number of hydrogen-bond donors (Lipinski definition) is 1. The number of ether oxygens (including phenoxy) is 1. The Balaban J connectivity index is 1.82. The lowest BCUT2D eigenvalue weighted by molar-refractivity contribution is -0.147. The minimum Gasteiger partial charge on any atom is -0.456 e.